The number of carbonyl (C=O) groups excluding carboxylic acids is 1. The van der Waals surface area contributed by atoms with Crippen LogP contribution in [0.15, 0.2) is 24.3 Å². The van der Waals surface area contributed by atoms with Gasteiger partial charge in [-0.3, -0.25) is 4.79 Å². The number of hydrogen-bond acceptors (Lipinski definition) is 3. The van der Waals surface area contributed by atoms with Gasteiger partial charge in [-0.2, -0.15) is 0 Å². The fraction of sp³-hybridized carbons (Fsp3) is 0.562. The number of carbonyl (C=O) groups is 1. The number of benzene rings is 1. The van der Waals surface area contributed by atoms with Crippen LogP contribution in [0.2, 0.25) is 0 Å². The number of anilines is 2. The molecule has 0 aromatic heterocycles. The van der Waals surface area contributed by atoms with E-state index in [-0.39, 0.29) is 11.9 Å². The minimum Gasteiger partial charge on any atom is -0.399 e. The van der Waals surface area contributed by atoms with Crippen LogP contribution in [0.25, 0.3) is 0 Å². The number of amides is 1. The van der Waals surface area contributed by atoms with Crippen molar-refractivity contribution < 1.29 is 4.79 Å². The molecule has 0 spiro atoms. The van der Waals surface area contributed by atoms with E-state index in [9.17, 15) is 4.79 Å². The Morgan fingerprint density at radius 1 is 1.25 bits per heavy atom. The van der Waals surface area contributed by atoms with Crippen LogP contribution in [0.4, 0.5) is 11.4 Å². The Morgan fingerprint density at radius 3 is 2.45 bits per heavy atom. The lowest BCUT2D eigenvalue weighted by Gasteiger charge is -2.29. The molecule has 0 saturated carbocycles. The number of nitrogen functional groups attached to an aromatic ring is 1. The van der Waals surface area contributed by atoms with Crippen LogP contribution in [0.1, 0.15) is 40.0 Å². The van der Waals surface area contributed by atoms with Crippen molar-refractivity contribution >= 4 is 17.3 Å². The average molecular weight is 277 g/mol. The monoisotopic (exact) mass is 277 g/mol. The van der Waals surface area contributed by atoms with E-state index < -0.39 is 0 Å². The molecule has 20 heavy (non-hydrogen) atoms. The van der Waals surface area contributed by atoms with Gasteiger partial charge in [-0.15, -0.1) is 0 Å². The predicted octanol–water partition coefficient (Wildman–Crippen LogP) is 2.79. The lowest BCUT2D eigenvalue weighted by Crippen LogP contribution is -2.45. The Hall–Kier alpha value is -1.71. The number of unbranched alkanes of at least 4 members (excludes halogenated alkanes) is 2. The molecule has 0 bridgehead atoms. The fourth-order valence-corrected chi connectivity index (χ4v) is 2.22. The topological polar surface area (TPSA) is 58.4 Å². The molecule has 0 fully saturated rings. The standard InChI is InChI=1S/C16H27N3O/c1-4-6-7-12-18-16(20)13(3)19(5-2)15-10-8-14(17)9-11-15/h8-11,13H,4-7,12,17H2,1-3H3,(H,18,20). The maximum absolute atomic E-state index is 12.2. The minimum atomic E-state index is -0.176. The smallest absolute Gasteiger partial charge is 0.242 e. The average Bonchev–Trinajstić information content (AvgIpc) is 2.46. The number of nitrogens with zero attached hydrogens (tertiary/aromatic N) is 1. The first-order valence-corrected chi connectivity index (χ1v) is 7.50. The van der Waals surface area contributed by atoms with Gasteiger partial charge in [-0.25, -0.2) is 0 Å². The van der Waals surface area contributed by atoms with Gasteiger partial charge in [0, 0.05) is 24.5 Å². The van der Waals surface area contributed by atoms with E-state index in [0.717, 1.165) is 43.7 Å². The summed E-state index contributed by atoms with van der Waals surface area (Å²) in [4.78, 5) is 14.2. The lowest BCUT2D eigenvalue weighted by molar-refractivity contribution is -0.122. The Bertz CT molecular complexity index is 403. The molecule has 0 aliphatic heterocycles. The van der Waals surface area contributed by atoms with Crippen molar-refractivity contribution in [3.63, 3.8) is 0 Å². The van der Waals surface area contributed by atoms with Crippen molar-refractivity contribution in [1.82, 2.24) is 5.32 Å². The summed E-state index contributed by atoms with van der Waals surface area (Å²) < 4.78 is 0. The number of rotatable bonds is 8. The quantitative estimate of drug-likeness (QED) is 0.567. The highest BCUT2D eigenvalue weighted by Crippen LogP contribution is 2.18. The van der Waals surface area contributed by atoms with Gasteiger partial charge in [0.1, 0.15) is 6.04 Å². The van der Waals surface area contributed by atoms with Gasteiger partial charge in [0.15, 0.2) is 0 Å². The van der Waals surface area contributed by atoms with Gasteiger partial charge in [0.2, 0.25) is 5.91 Å². The largest absolute Gasteiger partial charge is 0.399 e. The number of hydrogen-bond donors (Lipinski definition) is 2. The van der Waals surface area contributed by atoms with Gasteiger partial charge in [-0.05, 0) is 44.5 Å². The summed E-state index contributed by atoms with van der Waals surface area (Å²) in [5, 5.41) is 3.01. The molecule has 0 aliphatic carbocycles. The van der Waals surface area contributed by atoms with E-state index in [0.29, 0.717) is 0 Å². The van der Waals surface area contributed by atoms with Crippen molar-refractivity contribution in [3.05, 3.63) is 24.3 Å². The van der Waals surface area contributed by atoms with E-state index in [1.165, 1.54) is 0 Å². The van der Waals surface area contributed by atoms with E-state index in [1.54, 1.807) is 0 Å². The first-order chi connectivity index (χ1) is 9.60. The molecule has 1 unspecified atom stereocenters. The highest BCUT2D eigenvalue weighted by atomic mass is 16.2. The zero-order chi connectivity index (χ0) is 15.0. The third-order valence-electron chi connectivity index (χ3n) is 3.49. The Balaban J connectivity index is 2.59. The molecule has 0 radical (unpaired) electrons. The second-order valence-corrected chi connectivity index (χ2v) is 5.05. The van der Waals surface area contributed by atoms with Crippen molar-refractivity contribution in [2.24, 2.45) is 0 Å². The summed E-state index contributed by atoms with van der Waals surface area (Å²) in [6.45, 7) is 7.69. The Morgan fingerprint density at radius 2 is 1.90 bits per heavy atom. The molecule has 1 atom stereocenters. The van der Waals surface area contributed by atoms with Crippen molar-refractivity contribution in [1.29, 1.82) is 0 Å². The SMILES string of the molecule is CCCCCNC(=O)C(C)N(CC)c1ccc(N)cc1. The molecule has 0 saturated heterocycles. The lowest BCUT2D eigenvalue weighted by atomic mass is 10.2. The van der Waals surface area contributed by atoms with Crippen LogP contribution >= 0.6 is 0 Å². The maximum Gasteiger partial charge on any atom is 0.242 e. The highest BCUT2D eigenvalue weighted by Gasteiger charge is 2.19. The summed E-state index contributed by atoms with van der Waals surface area (Å²) in [5.41, 5.74) is 7.46. The molecule has 1 rings (SSSR count). The molecule has 4 heteroatoms. The molecule has 3 N–H and O–H groups in total. The second kappa shape index (κ2) is 8.46. The number of nitrogens with one attached hydrogen (secondary N) is 1. The molecule has 1 amide bonds. The van der Waals surface area contributed by atoms with Crippen molar-refractivity contribution in [3.8, 4) is 0 Å². The zero-order valence-electron chi connectivity index (χ0n) is 12.9. The van der Waals surface area contributed by atoms with Gasteiger partial charge in [-0.1, -0.05) is 19.8 Å². The van der Waals surface area contributed by atoms with Crippen molar-refractivity contribution in [2.75, 3.05) is 23.7 Å². The number of nitrogens with two attached hydrogens (primary N) is 1. The molecule has 1 aromatic carbocycles. The highest BCUT2D eigenvalue weighted by molar-refractivity contribution is 5.84. The number of likely N-dealkylation sites (N-methyl/N-ethyl adjacent to an activating group) is 1. The van der Waals surface area contributed by atoms with Gasteiger partial charge in [0.05, 0.1) is 0 Å². The third kappa shape index (κ3) is 4.76. The van der Waals surface area contributed by atoms with Gasteiger partial charge >= 0.3 is 0 Å². The molecular weight excluding hydrogens is 250 g/mol. The van der Waals surface area contributed by atoms with Crippen LogP contribution in [-0.2, 0) is 4.79 Å². The van der Waals surface area contributed by atoms with Crippen LogP contribution in [0.3, 0.4) is 0 Å². The third-order valence-corrected chi connectivity index (χ3v) is 3.49. The summed E-state index contributed by atoms with van der Waals surface area (Å²) in [5.74, 6) is 0.0831. The molecule has 4 nitrogen and oxygen atoms in total. The van der Waals surface area contributed by atoms with Crippen LogP contribution in [-0.4, -0.2) is 25.0 Å². The van der Waals surface area contributed by atoms with Crippen molar-refractivity contribution in [2.45, 2.75) is 46.1 Å². The molecule has 1 aromatic rings. The molecule has 0 aliphatic rings. The second-order valence-electron chi connectivity index (χ2n) is 5.05. The van der Waals surface area contributed by atoms with E-state index >= 15 is 0 Å². The Kier molecular flexibility index (Phi) is 6.91. The van der Waals surface area contributed by atoms with Crippen LogP contribution < -0.4 is 16.0 Å². The molecule has 112 valence electrons. The minimum absolute atomic E-state index is 0.0831. The normalized spacial score (nSPS) is 11.9. The Labute approximate surface area is 122 Å². The van der Waals surface area contributed by atoms with E-state index in [2.05, 4.69) is 24.1 Å². The first kappa shape index (κ1) is 16.3. The summed E-state index contributed by atoms with van der Waals surface area (Å²) in [7, 11) is 0. The van der Waals surface area contributed by atoms with Crippen LogP contribution in [0, 0.1) is 0 Å². The maximum atomic E-state index is 12.2. The zero-order valence-corrected chi connectivity index (χ0v) is 12.9. The molecular formula is C16H27N3O. The fourth-order valence-electron chi connectivity index (χ4n) is 2.22. The van der Waals surface area contributed by atoms with E-state index in [1.807, 2.05) is 31.2 Å². The first-order valence-electron chi connectivity index (χ1n) is 7.50. The van der Waals surface area contributed by atoms with E-state index in [4.69, 9.17) is 5.73 Å². The van der Waals surface area contributed by atoms with Gasteiger partial charge in [0.25, 0.3) is 0 Å². The van der Waals surface area contributed by atoms with Crippen LogP contribution in [0.5, 0.6) is 0 Å². The summed E-state index contributed by atoms with van der Waals surface area (Å²) in [6.07, 6.45) is 3.37. The molecule has 0 heterocycles. The summed E-state index contributed by atoms with van der Waals surface area (Å²) in [6, 6.07) is 7.47. The van der Waals surface area contributed by atoms with Gasteiger partial charge < -0.3 is 16.0 Å². The summed E-state index contributed by atoms with van der Waals surface area (Å²) >= 11 is 0. The predicted molar refractivity (Wildman–Crippen MR) is 85.9 cm³/mol.